The van der Waals surface area contributed by atoms with Gasteiger partial charge in [0.2, 0.25) is 0 Å². The Morgan fingerprint density at radius 3 is 2.61 bits per heavy atom. The molecule has 4 N–H and O–H groups in total. The summed E-state index contributed by atoms with van der Waals surface area (Å²) in [6.45, 7) is 0. The number of anilines is 2. The first-order valence-corrected chi connectivity index (χ1v) is 5.29. The summed E-state index contributed by atoms with van der Waals surface area (Å²) in [5.41, 5.74) is 7.94. The molecule has 0 atom stereocenters. The minimum Gasteiger partial charge on any atom is -0.465 e. The fraction of sp³-hybridized carbons (Fsp3) is 0.0833. The molecule has 1 amide bonds. The molecule has 0 aliphatic heterocycles. The molecule has 0 bridgehead atoms. The molecule has 0 aliphatic carbocycles. The number of rotatable bonds is 3. The Labute approximate surface area is 104 Å². The predicted octanol–water partition coefficient (Wildman–Crippen LogP) is 1.74. The van der Waals surface area contributed by atoms with Crippen molar-refractivity contribution in [2.45, 2.75) is 6.42 Å². The second-order valence-corrected chi connectivity index (χ2v) is 3.74. The van der Waals surface area contributed by atoms with Crippen molar-refractivity contribution in [1.82, 2.24) is 9.97 Å². The van der Waals surface area contributed by atoms with E-state index in [0.29, 0.717) is 17.9 Å². The number of nitrogens with one attached hydrogen (secondary N) is 1. The molecule has 0 aliphatic rings. The maximum absolute atomic E-state index is 10.4. The summed E-state index contributed by atoms with van der Waals surface area (Å²) >= 11 is 0. The van der Waals surface area contributed by atoms with Crippen LogP contribution in [0.15, 0.2) is 36.7 Å². The Balaban J connectivity index is 2.08. The van der Waals surface area contributed by atoms with Crippen molar-refractivity contribution < 1.29 is 9.90 Å². The van der Waals surface area contributed by atoms with E-state index >= 15 is 0 Å². The molecule has 0 radical (unpaired) electrons. The van der Waals surface area contributed by atoms with Crippen LogP contribution in [0.25, 0.3) is 0 Å². The van der Waals surface area contributed by atoms with Crippen LogP contribution in [0.3, 0.4) is 0 Å². The Kier molecular flexibility index (Phi) is 3.38. The summed E-state index contributed by atoms with van der Waals surface area (Å²) in [6.07, 6.45) is 0.969. The Morgan fingerprint density at radius 2 is 2.00 bits per heavy atom. The average molecular weight is 244 g/mol. The molecular formula is C12H12N4O2. The van der Waals surface area contributed by atoms with E-state index in [-0.39, 0.29) is 0 Å². The van der Waals surface area contributed by atoms with Gasteiger partial charge in [0.1, 0.15) is 12.1 Å². The summed E-state index contributed by atoms with van der Waals surface area (Å²) in [5, 5.41) is 10.8. The number of hydrogen-bond donors (Lipinski definition) is 3. The summed E-state index contributed by atoms with van der Waals surface area (Å²) in [6, 6.07) is 8.79. The van der Waals surface area contributed by atoms with Crippen molar-refractivity contribution in [2.75, 3.05) is 11.1 Å². The van der Waals surface area contributed by atoms with Crippen molar-refractivity contribution in [2.24, 2.45) is 0 Å². The van der Waals surface area contributed by atoms with Crippen molar-refractivity contribution in [3.63, 3.8) is 0 Å². The van der Waals surface area contributed by atoms with E-state index < -0.39 is 6.09 Å². The zero-order valence-electron chi connectivity index (χ0n) is 9.50. The number of amides is 1. The summed E-state index contributed by atoms with van der Waals surface area (Å²) < 4.78 is 0. The molecule has 0 saturated carbocycles. The topological polar surface area (TPSA) is 101 Å². The maximum Gasteiger partial charge on any atom is 0.409 e. The van der Waals surface area contributed by atoms with Gasteiger partial charge >= 0.3 is 6.09 Å². The van der Waals surface area contributed by atoms with Crippen LogP contribution in [0, 0.1) is 0 Å². The van der Waals surface area contributed by atoms with Crippen LogP contribution in [-0.2, 0) is 6.42 Å². The van der Waals surface area contributed by atoms with Crippen molar-refractivity contribution in [3.05, 3.63) is 47.9 Å². The largest absolute Gasteiger partial charge is 0.465 e. The smallest absolute Gasteiger partial charge is 0.409 e. The van der Waals surface area contributed by atoms with Gasteiger partial charge in [-0.15, -0.1) is 0 Å². The lowest BCUT2D eigenvalue weighted by Gasteiger charge is -2.04. The molecule has 92 valence electrons. The normalized spacial score (nSPS) is 10.0. The first-order valence-electron chi connectivity index (χ1n) is 5.29. The molecule has 0 fully saturated rings. The molecule has 1 aromatic heterocycles. The van der Waals surface area contributed by atoms with E-state index in [1.54, 1.807) is 18.2 Å². The van der Waals surface area contributed by atoms with Crippen LogP contribution in [0.4, 0.5) is 16.3 Å². The minimum absolute atomic E-state index is 0.434. The SMILES string of the molecule is Nc1cc(Cc2ccc(NC(=O)O)cc2)ncn1. The number of carbonyl (C=O) groups is 1. The molecule has 1 heterocycles. The highest BCUT2D eigenvalue weighted by Crippen LogP contribution is 2.13. The standard InChI is InChI=1S/C12H12N4O2/c13-11-6-10(14-7-15-11)5-8-1-3-9(4-2-8)16-12(17)18/h1-4,6-7,16H,5H2,(H,17,18)(H2,13,14,15). The van der Waals surface area contributed by atoms with Gasteiger partial charge in [0, 0.05) is 18.2 Å². The number of nitrogens with two attached hydrogens (primary N) is 1. The quantitative estimate of drug-likeness (QED) is 0.763. The Morgan fingerprint density at radius 1 is 1.28 bits per heavy atom. The number of carboxylic acid groups (broad SMARTS) is 1. The van der Waals surface area contributed by atoms with Crippen LogP contribution in [0.5, 0.6) is 0 Å². The minimum atomic E-state index is -1.08. The van der Waals surface area contributed by atoms with Crippen LogP contribution in [-0.4, -0.2) is 21.2 Å². The Hall–Kier alpha value is -2.63. The highest BCUT2D eigenvalue weighted by atomic mass is 16.4. The summed E-state index contributed by atoms with van der Waals surface area (Å²) in [5.74, 6) is 0.434. The third-order valence-electron chi connectivity index (χ3n) is 2.34. The van der Waals surface area contributed by atoms with Crippen LogP contribution < -0.4 is 11.1 Å². The Bertz CT molecular complexity index is 554. The van der Waals surface area contributed by atoms with Gasteiger partial charge in [-0.25, -0.2) is 14.8 Å². The predicted molar refractivity (Wildman–Crippen MR) is 67.3 cm³/mol. The third kappa shape index (κ3) is 3.18. The van der Waals surface area contributed by atoms with E-state index in [2.05, 4.69) is 15.3 Å². The van der Waals surface area contributed by atoms with Gasteiger partial charge in [0.25, 0.3) is 0 Å². The lowest BCUT2D eigenvalue weighted by Crippen LogP contribution is -2.06. The maximum atomic E-state index is 10.4. The van der Waals surface area contributed by atoms with Gasteiger partial charge in [-0.1, -0.05) is 12.1 Å². The highest BCUT2D eigenvalue weighted by molar-refractivity contribution is 5.82. The van der Waals surface area contributed by atoms with E-state index in [0.717, 1.165) is 11.3 Å². The molecule has 0 unspecified atom stereocenters. The van der Waals surface area contributed by atoms with Crippen molar-refractivity contribution in [3.8, 4) is 0 Å². The number of nitrogen functional groups attached to an aromatic ring is 1. The molecule has 1 aromatic carbocycles. The fourth-order valence-electron chi connectivity index (χ4n) is 1.55. The van der Waals surface area contributed by atoms with Crippen molar-refractivity contribution in [1.29, 1.82) is 0 Å². The molecule has 2 rings (SSSR count). The molecule has 0 spiro atoms. The zero-order chi connectivity index (χ0) is 13.0. The van der Waals surface area contributed by atoms with E-state index in [1.807, 2.05) is 12.1 Å². The number of aromatic nitrogens is 2. The lowest BCUT2D eigenvalue weighted by atomic mass is 10.1. The van der Waals surface area contributed by atoms with E-state index in [4.69, 9.17) is 10.8 Å². The summed E-state index contributed by atoms with van der Waals surface area (Å²) in [7, 11) is 0. The van der Waals surface area contributed by atoms with Gasteiger partial charge in [-0.3, -0.25) is 5.32 Å². The molecule has 2 aromatic rings. The third-order valence-corrected chi connectivity index (χ3v) is 2.34. The number of benzene rings is 1. The van der Waals surface area contributed by atoms with Gasteiger partial charge in [0.05, 0.1) is 5.69 Å². The van der Waals surface area contributed by atoms with Gasteiger partial charge in [-0.05, 0) is 17.7 Å². The fourth-order valence-corrected chi connectivity index (χ4v) is 1.55. The molecule has 0 saturated heterocycles. The van der Waals surface area contributed by atoms with Crippen LogP contribution in [0.1, 0.15) is 11.3 Å². The monoisotopic (exact) mass is 244 g/mol. The van der Waals surface area contributed by atoms with Crippen LogP contribution in [0.2, 0.25) is 0 Å². The van der Waals surface area contributed by atoms with Gasteiger partial charge < -0.3 is 10.8 Å². The van der Waals surface area contributed by atoms with Crippen molar-refractivity contribution >= 4 is 17.6 Å². The lowest BCUT2D eigenvalue weighted by molar-refractivity contribution is 0.210. The van der Waals surface area contributed by atoms with Gasteiger partial charge in [-0.2, -0.15) is 0 Å². The van der Waals surface area contributed by atoms with E-state index in [9.17, 15) is 4.79 Å². The van der Waals surface area contributed by atoms with Crippen LogP contribution >= 0.6 is 0 Å². The van der Waals surface area contributed by atoms with Gasteiger partial charge in [0.15, 0.2) is 0 Å². The second-order valence-electron chi connectivity index (χ2n) is 3.74. The first kappa shape index (κ1) is 11.8. The van der Waals surface area contributed by atoms with E-state index in [1.165, 1.54) is 6.33 Å². The average Bonchev–Trinajstić information content (AvgIpc) is 2.31. The zero-order valence-corrected chi connectivity index (χ0v) is 9.50. The summed E-state index contributed by atoms with van der Waals surface area (Å²) in [4.78, 5) is 18.4. The first-order chi connectivity index (χ1) is 8.63. The second kappa shape index (κ2) is 5.13. The molecule has 18 heavy (non-hydrogen) atoms. The number of hydrogen-bond acceptors (Lipinski definition) is 4. The highest BCUT2D eigenvalue weighted by Gasteiger charge is 2.01. The number of nitrogens with zero attached hydrogens (tertiary/aromatic N) is 2. The molecule has 6 heteroatoms. The molecule has 6 nitrogen and oxygen atoms in total. The molecular weight excluding hydrogens is 232 g/mol.